The van der Waals surface area contributed by atoms with Crippen LogP contribution in [0.4, 0.5) is 0 Å². The summed E-state index contributed by atoms with van der Waals surface area (Å²) in [5, 5.41) is 5.96. The van der Waals surface area contributed by atoms with Gasteiger partial charge in [0, 0.05) is 31.6 Å². The Bertz CT molecular complexity index is 759. The van der Waals surface area contributed by atoms with E-state index in [9.17, 15) is 9.59 Å². The molecule has 3 heterocycles. The highest BCUT2D eigenvalue weighted by Gasteiger charge is 2.32. The van der Waals surface area contributed by atoms with E-state index >= 15 is 0 Å². The largest absolute Gasteiger partial charge is 0.350 e. The maximum Gasteiger partial charge on any atom is 0.231 e. The lowest BCUT2D eigenvalue weighted by molar-refractivity contribution is -0.131. The van der Waals surface area contributed by atoms with Gasteiger partial charge in [-0.05, 0) is 18.1 Å². The molecule has 7 heteroatoms. The molecule has 1 atom stereocenters. The Morgan fingerprint density at radius 2 is 2.29 bits per heavy atom. The van der Waals surface area contributed by atoms with Crippen molar-refractivity contribution in [3.05, 3.63) is 45.7 Å². The third-order valence-electron chi connectivity index (χ3n) is 4.13. The Morgan fingerprint density at radius 3 is 3.00 bits per heavy atom. The lowest BCUT2D eigenvalue weighted by Gasteiger charge is -2.32. The van der Waals surface area contributed by atoms with E-state index < -0.39 is 5.92 Å². The number of aromatic nitrogens is 2. The second-order valence-corrected chi connectivity index (χ2v) is 6.75. The van der Waals surface area contributed by atoms with Crippen molar-refractivity contribution < 1.29 is 9.59 Å². The Kier molecular flexibility index (Phi) is 4.89. The minimum Gasteiger partial charge on any atom is -0.350 e. The Morgan fingerprint density at radius 1 is 1.46 bits per heavy atom. The number of carbonyl (C=O) groups is 2. The van der Waals surface area contributed by atoms with Crippen LogP contribution >= 0.6 is 11.3 Å². The summed E-state index contributed by atoms with van der Waals surface area (Å²) in [4.78, 5) is 34.9. The Hall–Kier alpha value is -2.28. The van der Waals surface area contributed by atoms with Crippen molar-refractivity contribution in [3.63, 3.8) is 0 Å². The number of amides is 2. The first-order valence-electron chi connectivity index (χ1n) is 7.98. The van der Waals surface area contributed by atoms with Gasteiger partial charge in [0.25, 0.3) is 0 Å². The molecule has 24 heavy (non-hydrogen) atoms. The summed E-state index contributed by atoms with van der Waals surface area (Å²) in [7, 11) is 0. The van der Waals surface area contributed by atoms with Gasteiger partial charge >= 0.3 is 0 Å². The highest BCUT2D eigenvalue weighted by atomic mass is 32.1. The van der Waals surface area contributed by atoms with Gasteiger partial charge in [0.2, 0.25) is 11.8 Å². The zero-order chi connectivity index (χ0) is 17.1. The minimum absolute atomic E-state index is 0.0330. The first-order valence-corrected chi connectivity index (χ1v) is 8.86. The first-order chi connectivity index (χ1) is 11.6. The van der Waals surface area contributed by atoms with E-state index in [1.54, 1.807) is 22.4 Å². The molecule has 0 spiro atoms. The fraction of sp³-hybridized carbons (Fsp3) is 0.412. The molecule has 126 valence electrons. The number of carbonyl (C=O) groups excluding carboxylic acids is 2. The van der Waals surface area contributed by atoms with Gasteiger partial charge in [-0.25, -0.2) is 4.98 Å². The van der Waals surface area contributed by atoms with Crippen LogP contribution in [0.15, 0.2) is 23.7 Å². The van der Waals surface area contributed by atoms with Crippen LogP contribution in [0.3, 0.4) is 0 Å². The average Bonchev–Trinajstić information content (AvgIpc) is 3.06. The molecular weight excluding hydrogens is 324 g/mol. The van der Waals surface area contributed by atoms with E-state index in [1.165, 1.54) is 6.92 Å². The van der Waals surface area contributed by atoms with Gasteiger partial charge in [0.15, 0.2) is 0 Å². The molecule has 0 bridgehead atoms. The van der Waals surface area contributed by atoms with Crippen LogP contribution in [0.2, 0.25) is 0 Å². The lowest BCUT2D eigenvalue weighted by atomic mass is 9.94. The molecule has 6 nitrogen and oxygen atoms in total. The average molecular weight is 344 g/mol. The smallest absolute Gasteiger partial charge is 0.231 e. The maximum absolute atomic E-state index is 12.7. The van der Waals surface area contributed by atoms with Crippen LogP contribution in [0.1, 0.15) is 41.7 Å². The molecule has 0 aliphatic carbocycles. The molecule has 1 N–H and O–H groups in total. The van der Waals surface area contributed by atoms with Crippen molar-refractivity contribution in [2.45, 2.75) is 39.3 Å². The third kappa shape index (κ3) is 3.46. The van der Waals surface area contributed by atoms with E-state index in [0.717, 1.165) is 28.4 Å². The Labute approximate surface area is 144 Å². The summed E-state index contributed by atoms with van der Waals surface area (Å²) in [6, 6.07) is 3.75. The standard InChI is InChI=1S/C17H20N4O2S/c1-3-15-20-13(10-24-15)7-19-17(23)14-9-21(11(2)22)8-12-5-4-6-18-16(12)14/h4-6,10,14H,3,7-9H2,1-2H3,(H,19,23). The zero-order valence-electron chi connectivity index (χ0n) is 13.8. The third-order valence-corrected chi connectivity index (χ3v) is 5.17. The molecule has 1 unspecified atom stereocenters. The molecule has 2 amide bonds. The van der Waals surface area contributed by atoms with Gasteiger partial charge < -0.3 is 10.2 Å². The highest BCUT2D eigenvalue weighted by Crippen LogP contribution is 2.26. The topological polar surface area (TPSA) is 75.2 Å². The van der Waals surface area contributed by atoms with E-state index in [2.05, 4.69) is 22.2 Å². The molecule has 1 aliphatic heterocycles. The van der Waals surface area contributed by atoms with Gasteiger partial charge in [0.1, 0.15) is 0 Å². The predicted octanol–water partition coefficient (Wildman–Crippen LogP) is 1.86. The molecule has 0 saturated heterocycles. The van der Waals surface area contributed by atoms with Crippen molar-refractivity contribution >= 4 is 23.2 Å². The summed E-state index contributed by atoms with van der Waals surface area (Å²) in [6.45, 7) is 4.85. The second kappa shape index (κ2) is 7.09. The minimum atomic E-state index is -0.442. The van der Waals surface area contributed by atoms with Gasteiger partial charge in [-0.1, -0.05) is 13.0 Å². The van der Waals surface area contributed by atoms with Crippen LogP contribution in [0.25, 0.3) is 0 Å². The van der Waals surface area contributed by atoms with Crippen molar-refractivity contribution in [2.24, 2.45) is 0 Å². The van der Waals surface area contributed by atoms with Crippen LogP contribution < -0.4 is 5.32 Å². The first kappa shape index (κ1) is 16.6. The van der Waals surface area contributed by atoms with Gasteiger partial charge in [-0.3, -0.25) is 14.6 Å². The quantitative estimate of drug-likeness (QED) is 0.919. The molecule has 0 saturated carbocycles. The number of fused-ring (bicyclic) bond motifs is 1. The number of nitrogens with zero attached hydrogens (tertiary/aromatic N) is 3. The summed E-state index contributed by atoms with van der Waals surface area (Å²) in [5.74, 6) is -0.593. The molecule has 0 aromatic carbocycles. The highest BCUT2D eigenvalue weighted by molar-refractivity contribution is 7.09. The SMILES string of the molecule is CCc1nc(CNC(=O)C2CN(C(C)=O)Cc3cccnc32)cs1. The van der Waals surface area contributed by atoms with E-state index in [0.29, 0.717) is 19.6 Å². The molecule has 1 aliphatic rings. The fourth-order valence-corrected chi connectivity index (χ4v) is 3.56. The number of rotatable bonds is 4. The Balaban J connectivity index is 1.74. The maximum atomic E-state index is 12.7. The number of hydrogen-bond donors (Lipinski definition) is 1. The zero-order valence-corrected chi connectivity index (χ0v) is 14.6. The van der Waals surface area contributed by atoms with Crippen LogP contribution in [0, 0.1) is 0 Å². The summed E-state index contributed by atoms with van der Waals surface area (Å²) >= 11 is 1.60. The molecule has 0 radical (unpaired) electrons. The van der Waals surface area contributed by atoms with Crippen molar-refractivity contribution in [1.29, 1.82) is 0 Å². The molecule has 2 aromatic rings. The normalized spacial score (nSPS) is 16.6. The van der Waals surface area contributed by atoms with Crippen molar-refractivity contribution in [3.8, 4) is 0 Å². The van der Waals surface area contributed by atoms with Gasteiger partial charge in [-0.15, -0.1) is 11.3 Å². The van der Waals surface area contributed by atoms with E-state index in [4.69, 9.17) is 0 Å². The summed E-state index contributed by atoms with van der Waals surface area (Å²) in [6.07, 6.45) is 2.59. The number of aryl methyl sites for hydroxylation is 1. The van der Waals surface area contributed by atoms with Gasteiger partial charge in [-0.2, -0.15) is 0 Å². The fourth-order valence-electron chi connectivity index (χ4n) is 2.82. The van der Waals surface area contributed by atoms with Crippen molar-refractivity contribution in [1.82, 2.24) is 20.2 Å². The number of hydrogen-bond acceptors (Lipinski definition) is 5. The number of thiazole rings is 1. The monoisotopic (exact) mass is 344 g/mol. The lowest BCUT2D eigenvalue weighted by Crippen LogP contribution is -2.43. The van der Waals surface area contributed by atoms with Crippen molar-refractivity contribution in [2.75, 3.05) is 6.54 Å². The molecule has 0 fully saturated rings. The predicted molar refractivity (Wildman–Crippen MR) is 91.4 cm³/mol. The van der Waals surface area contributed by atoms with E-state index in [1.807, 2.05) is 17.5 Å². The van der Waals surface area contributed by atoms with E-state index in [-0.39, 0.29) is 11.8 Å². The molecular formula is C17H20N4O2S. The van der Waals surface area contributed by atoms with Gasteiger partial charge in [0.05, 0.1) is 28.9 Å². The summed E-state index contributed by atoms with van der Waals surface area (Å²) in [5.41, 5.74) is 2.56. The van der Waals surface area contributed by atoms with Crippen LogP contribution in [0.5, 0.6) is 0 Å². The second-order valence-electron chi connectivity index (χ2n) is 5.80. The molecule has 3 rings (SSSR count). The van der Waals surface area contributed by atoms with Crippen LogP contribution in [-0.4, -0.2) is 33.2 Å². The number of pyridine rings is 1. The number of nitrogens with one attached hydrogen (secondary N) is 1. The van der Waals surface area contributed by atoms with Crippen LogP contribution in [-0.2, 0) is 29.1 Å². The summed E-state index contributed by atoms with van der Waals surface area (Å²) < 4.78 is 0. The molecule has 2 aromatic heterocycles.